The number of rotatable bonds is 2. The van der Waals surface area contributed by atoms with Crippen molar-refractivity contribution in [3.63, 3.8) is 0 Å². The van der Waals surface area contributed by atoms with Gasteiger partial charge in [0.1, 0.15) is 22.9 Å². The van der Waals surface area contributed by atoms with Crippen molar-refractivity contribution in [2.75, 3.05) is 13.1 Å². The van der Waals surface area contributed by atoms with Gasteiger partial charge in [0.25, 0.3) is 0 Å². The number of phenolic OH excluding ortho intramolecular Hbond substituents is 2. The molecule has 0 radical (unpaired) electrons. The maximum atomic E-state index is 9.56. The van der Waals surface area contributed by atoms with Crippen LogP contribution in [0, 0.1) is 0 Å². The zero-order chi connectivity index (χ0) is 14.7. The summed E-state index contributed by atoms with van der Waals surface area (Å²) < 4.78 is 0.806. The van der Waals surface area contributed by atoms with Crippen molar-refractivity contribution < 1.29 is 10.2 Å². The highest BCUT2D eigenvalue weighted by Crippen LogP contribution is 2.38. The van der Waals surface area contributed by atoms with E-state index in [4.69, 9.17) is 0 Å². The van der Waals surface area contributed by atoms with E-state index in [1.807, 2.05) is 24.3 Å². The molecule has 0 unspecified atom stereocenters. The van der Waals surface area contributed by atoms with Crippen molar-refractivity contribution in [2.24, 2.45) is 0 Å². The van der Waals surface area contributed by atoms with Crippen LogP contribution in [0.3, 0.4) is 0 Å². The Labute approximate surface area is 125 Å². The molecule has 3 heteroatoms. The van der Waals surface area contributed by atoms with Gasteiger partial charge in [0.05, 0.1) is 13.1 Å². The van der Waals surface area contributed by atoms with Crippen molar-refractivity contribution in [2.45, 2.75) is 25.7 Å². The SMILES string of the molecule is Oc1ccc([N+]2(c3ccc(O)cc3)CCCCCC2)cc1. The number of phenols is 2. The number of hydrogen-bond donors (Lipinski definition) is 2. The van der Waals surface area contributed by atoms with Gasteiger partial charge in [-0.1, -0.05) is 0 Å². The topological polar surface area (TPSA) is 40.5 Å². The third kappa shape index (κ3) is 2.74. The minimum atomic E-state index is 0.303. The van der Waals surface area contributed by atoms with E-state index in [0.717, 1.165) is 17.6 Å². The van der Waals surface area contributed by atoms with Crippen LogP contribution in [0.5, 0.6) is 11.5 Å². The second kappa shape index (κ2) is 5.78. The number of hydrogen-bond acceptors (Lipinski definition) is 2. The summed E-state index contributed by atoms with van der Waals surface area (Å²) in [7, 11) is 0. The van der Waals surface area contributed by atoms with Gasteiger partial charge < -0.3 is 10.2 Å². The molecule has 1 saturated heterocycles. The first-order valence-corrected chi connectivity index (χ1v) is 7.67. The van der Waals surface area contributed by atoms with E-state index in [9.17, 15) is 10.2 Å². The molecule has 0 spiro atoms. The summed E-state index contributed by atoms with van der Waals surface area (Å²) in [6.07, 6.45) is 4.94. The Morgan fingerprint density at radius 3 is 1.33 bits per heavy atom. The summed E-state index contributed by atoms with van der Waals surface area (Å²) in [6.45, 7) is 2.13. The van der Waals surface area contributed by atoms with Gasteiger partial charge in [0.15, 0.2) is 0 Å². The van der Waals surface area contributed by atoms with Crippen LogP contribution < -0.4 is 4.48 Å². The minimum absolute atomic E-state index is 0.303. The predicted octanol–water partition coefficient (Wildman–Crippen LogP) is 4.31. The third-order valence-electron chi connectivity index (χ3n) is 4.52. The van der Waals surface area contributed by atoms with E-state index in [1.54, 1.807) is 24.3 Å². The van der Waals surface area contributed by atoms with Crippen molar-refractivity contribution in [3.05, 3.63) is 48.5 Å². The molecule has 0 aliphatic carbocycles. The van der Waals surface area contributed by atoms with Gasteiger partial charge in [-0.05, 0) is 49.9 Å². The molecule has 0 atom stereocenters. The van der Waals surface area contributed by atoms with Crippen LogP contribution in [0.1, 0.15) is 25.7 Å². The lowest BCUT2D eigenvalue weighted by molar-refractivity contribution is 0.393. The number of quaternary nitrogens is 1. The molecule has 110 valence electrons. The Bertz CT molecular complexity index is 534. The molecule has 0 amide bonds. The molecular weight excluding hydrogens is 262 g/mol. The maximum Gasteiger partial charge on any atom is 0.138 e. The highest BCUT2D eigenvalue weighted by molar-refractivity contribution is 5.60. The van der Waals surface area contributed by atoms with Crippen LogP contribution in [-0.2, 0) is 0 Å². The zero-order valence-electron chi connectivity index (χ0n) is 12.2. The molecule has 0 bridgehead atoms. The number of nitrogens with zero attached hydrogens (tertiary/aromatic N) is 1. The lowest BCUT2D eigenvalue weighted by atomic mass is 10.1. The van der Waals surface area contributed by atoms with Crippen LogP contribution in [0.15, 0.2) is 48.5 Å². The summed E-state index contributed by atoms with van der Waals surface area (Å²) in [6, 6.07) is 15.1. The van der Waals surface area contributed by atoms with Crippen LogP contribution in [0.2, 0.25) is 0 Å². The van der Waals surface area contributed by atoms with Gasteiger partial charge in [0.2, 0.25) is 0 Å². The maximum absolute atomic E-state index is 9.56. The van der Waals surface area contributed by atoms with E-state index in [0.29, 0.717) is 11.5 Å². The number of benzene rings is 2. The average molecular weight is 284 g/mol. The Balaban J connectivity index is 2.09. The molecule has 21 heavy (non-hydrogen) atoms. The summed E-state index contributed by atoms with van der Waals surface area (Å²) >= 11 is 0. The largest absolute Gasteiger partial charge is 0.508 e. The normalized spacial score (nSPS) is 18.1. The summed E-state index contributed by atoms with van der Waals surface area (Å²) in [5.74, 6) is 0.606. The first kappa shape index (κ1) is 14.0. The highest BCUT2D eigenvalue weighted by Gasteiger charge is 2.34. The zero-order valence-corrected chi connectivity index (χ0v) is 12.2. The molecule has 2 aromatic carbocycles. The van der Waals surface area contributed by atoms with Crippen LogP contribution in [-0.4, -0.2) is 23.3 Å². The molecule has 3 nitrogen and oxygen atoms in total. The molecule has 2 N–H and O–H groups in total. The van der Waals surface area contributed by atoms with E-state index in [1.165, 1.54) is 37.1 Å². The summed E-state index contributed by atoms with van der Waals surface area (Å²) in [5.41, 5.74) is 2.42. The Morgan fingerprint density at radius 2 is 0.952 bits per heavy atom. The minimum Gasteiger partial charge on any atom is -0.508 e. The molecule has 1 aliphatic rings. The van der Waals surface area contributed by atoms with Crippen molar-refractivity contribution in [1.82, 2.24) is 4.48 Å². The van der Waals surface area contributed by atoms with Gasteiger partial charge in [-0.25, -0.2) is 0 Å². The second-order valence-corrected chi connectivity index (χ2v) is 5.86. The van der Waals surface area contributed by atoms with Crippen LogP contribution in [0.25, 0.3) is 0 Å². The van der Waals surface area contributed by atoms with Gasteiger partial charge in [-0.3, -0.25) is 4.48 Å². The molecule has 0 saturated carbocycles. The lowest BCUT2D eigenvalue weighted by Crippen LogP contribution is -2.44. The highest BCUT2D eigenvalue weighted by atomic mass is 16.3. The third-order valence-corrected chi connectivity index (χ3v) is 4.52. The standard InChI is InChI=1S/C18H21NO2/c20-17-9-5-15(6-10-17)19(13-3-1-2-4-14-19)16-7-11-18(21)12-8-16/h5-12H,1-4,13-14H2,(H-,20,21)/p+1. The van der Waals surface area contributed by atoms with E-state index in [2.05, 4.69) is 0 Å². The quantitative estimate of drug-likeness (QED) is 0.807. The first-order chi connectivity index (χ1) is 10.2. The van der Waals surface area contributed by atoms with Gasteiger partial charge in [0, 0.05) is 24.3 Å². The molecular formula is C18H22NO2+. The van der Waals surface area contributed by atoms with E-state index in [-0.39, 0.29) is 0 Å². The lowest BCUT2D eigenvalue weighted by Gasteiger charge is -2.37. The summed E-state index contributed by atoms with van der Waals surface area (Å²) in [4.78, 5) is 0. The molecule has 1 aliphatic heterocycles. The molecule has 1 fully saturated rings. The van der Waals surface area contributed by atoms with Gasteiger partial charge >= 0.3 is 0 Å². The van der Waals surface area contributed by atoms with Crippen molar-refractivity contribution in [3.8, 4) is 11.5 Å². The fourth-order valence-corrected chi connectivity index (χ4v) is 3.37. The molecule has 2 aromatic rings. The van der Waals surface area contributed by atoms with E-state index < -0.39 is 0 Å². The van der Waals surface area contributed by atoms with Crippen molar-refractivity contribution >= 4 is 11.4 Å². The fraction of sp³-hybridized carbons (Fsp3) is 0.333. The first-order valence-electron chi connectivity index (χ1n) is 7.67. The average Bonchev–Trinajstić information content (AvgIpc) is 2.75. The molecule has 1 heterocycles. The Morgan fingerprint density at radius 1 is 0.571 bits per heavy atom. The second-order valence-electron chi connectivity index (χ2n) is 5.86. The van der Waals surface area contributed by atoms with E-state index >= 15 is 0 Å². The molecule has 0 aromatic heterocycles. The Kier molecular flexibility index (Phi) is 3.84. The number of aromatic hydroxyl groups is 2. The van der Waals surface area contributed by atoms with Crippen LogP contribution in [0.4, 0.5) is 11.4 Å². The van der Waals surface area contributed by atoms with Crippen LogP contribution >= 0.6 is 0 Å². The smallest absolute Gasteiger partial charge is 0.138 e. The predicted molar refractivity (Wildman–Crippen MR) is 85.9 cm³/mol. The van der Waals surface area contributed by atoms with Gasteiger partial charge in [-0.2, -0.15) is 0 Å². The Hall–Kier alpha value is -2.00. The fourth-order valence-electron chi connectivity index (χ4n) is 3.37. The summed E-state index contributed by atoms with van der Waals surface area (Å²) in [5, 5.41) is 19.1. The molecule has 3 rings (SSSR count). The monoisotopic (exact) mass is 284 g/mol. The van der Waals surface area contributed by atoms with Gasteiger partial charge in [-0.15, -0.1) is 0 Å². The van der Waals surface area contributed by atoms with Crippen molar-refractivity contribution in [1.29, 1.82) is 0 Å².